The number of benzene rings is 1. The van der Waals surface area contributed by atoms with Crippen molar-refractivity contribution in [1.29, 1.82) is 0 Å². The summed E-state index contributed by atoms with van der Waals surface area (Å²) in [6.07, 6.45) is 4.08. The third kappa shape index (κ3) is 2.79. The highest BCUT2D eigenvalue weighted by Gasteiger charge is 2.10. The molecule has 2 aromatic rings. The van der Waals surface area contributed by atoms with Crippen molar-refractivity contribution in [3.05, 3.63) is 30.0 Å². The predicted molar refractivity (Wildman–Crippen MR) is 78.7 cm³/mol. The van der Waals surface area contributed by atoms with E-state index in [1.165, 1.54) is 16.5 Å². The molecule has 0 fully saturated rings. The van der Waals surface area contributed by atoms with E-state index in [1.54, 1.807) is 7.11 Å². The van der Waals surface area contributed by atoms with Gasteiger partial charge in [0.15, 0.2) is 0 Å². The molecule has 2 rings (SSSR count). The second-order valence-corrected chi connectivity index (χ2v) is 4.52. The van der Waals surface area contributed by atoms with Crippen molar-refractivity contribution in [2.24, 2.45) is 12.8 Å². The average Bonchev–Trinajstić information content (AvgIpc) is 2.65. The van der Waals surface area contributed by atoms with E-state index in [4.69, 9.17) is 10.5 Å². The number of hydrogen-bond acceptors (Lipinski definition) is 2. The Morgan fingerprint density at radius 1 is 1.39 bits per heavy atom. The van der Waals surface area contributed by atoms with Gasteiger partial charge in [-0.25, -0.2) is 0 Å². The van der Waals surface area contributed by atoms with Crippen LogP contribution >= 0.6 is 12.4 Å². The van der Waals surface area contributed by atoms with Gasteiger partial charge in [-0.1, -0.05) is 6.92 Å². The van der Waals surface area contributed by atoms with Gasteiger partial charge in [0.2, 0.25) is 0 Å². The van der Waals surface area contributed by atoms with Crippen LogP contribution in [0.15, 0.2) is 24.4 Å². The normalized spacial score (nSPS) is 12.2. The van der Waals surface area contributed by atoms with Crippen molar-refractivity contribution in [2.75, 3.05) is 7.11 Å². The summed E-state index contributed by atoms with van der Waals surface area (Å²) in [6.45, 7) is 2.12. The second kappa shape index (κ2) is 6.12. The van der Waals surface area contributed by atoms with Gasteiger partial charge < -0.3 is 15.0 Å². The molecule has 0 saturated heterocycles. The van der Waals surface area contributed by atoms with Crippen LogP contribution < -0.4 is 10.5 Å². The Morgan fingerprint density at radius 2 is 2.11 bits per heavy atom. The van der Waals surface area contributed by atoms with E-state index in [0.717, 1.165) is 18.6 Å². The number of nitrogens with two attached hydrogens (primary N) is 1. The first-order valence-corrected chi connectivity index (χ1v) is 6.03. The first-order chi connectivity index (χ1) is 8.15. The maximum Gasteiger partial charge on any atom is 0.119 e. The number of ether oxygens (including phenoxy) is 1. The van der Waals surface area contributed by atoms with E-state index in [1.807, 2.05) is 6.07 Å². The van der Waals surface area contributed by atoms with Crippen LogP contribution in [0.1, 0.15) is 18.9 Å². The summed E-state index contributed by atoms with van der Waals surface area (Å²) in [7, 11) is 3.76. The Hall–Kier alpha value is -1.19. The van der Waals surface area contributed by atoms with Crippen molar-refractivity contribution in [1.82, 2.24) is 4.57 Å². The summed E-state index contributed by atoms with van der Waals surface area (Å²) in [5.74, 6) is 0.898. The van der Waals surface area contributed by atoms with Crippen LogP contribution in [0, 0.1) is 0 Å². The summed E-state index contributed by atoms with van der Waals surface area (Å²) in [4.78, 5) is 0. The molecule has 1 unspecified atom stereocenters. The third-order valence-electron chi connectivity index (χ3n) is 3.29. The third-order valence-corrected chi connectivity index (χ3v) is 3.29. The van der Waals surface area contributed by atoms with Gasteiger partial charge in [-0.05, 0) is 36.6 Å². The number of hydrogen-bond donors (Lipinski definition) is 1. The Balaban J connectivity index is 0.00000162. The van der Waals surface area contributed by atoms with Gasteiger partial charge in [0, 0.05) is 30.2 Å². The van der Waals surface area contributed by atoms with Crippen LogP contribution in [0.3, 0.4) is 0 Å². The standard InChI is InChI=1S/C14H20N2O.ClH/c1-4-11(15)7-10-9-16(2)14-6-5-12(17-3)8-13(10)14;/h5-6,8-9,11H,4,7,15H2,1-3H3;1H. The Labute approximate surface area is 114 Å². The highest BCUT2D eigenvalue weighted by molar-refractivity contribution is 5.85. The SMILES string of the molecule is CCC(N)Cc1cn(C)c2ccc(OC)cc12.Cl. The van der Waals surface area contributed by atoms with Crippen molar-refractivity contribution in [3.8, 4) is 5.75 Å². The molecule has 0 saturated carbocycles. The summed E-state index contributed by atoms with van der Waals surface area (Å²) in [6, 6.07) is 6.40. The Morgan fingerprint density at radius 3 is 2.72 bits per heavy atom. The lowest BCUT2D eigenvalue weighted by Crippen LogP contribution is -2.21. The zero-order chi connectivity index (χ0) is 12.4. The molecule has 0 aliphatic heterocycles. The van der Waals surface area contributed by atoms with E-state index in [0.29, 0.717) is 0 Å². The minimum atomic E-state index is 0. The first-order valence-electron chi connectivity index (χ1n) is 6.03. The van der Waals surface area contributed by atoms with Gasteiger partial charge >= 0.3 is 0 Å². The fourth-order valence-corrected chi connectivity index (χ4v) is 2.17. The van der Waals surface area contributed by atoms with Crippen molar-refractivity contribution >= 4 is 23.3 Å². The van der Waals surface area contributed by atoms with Gasteiger partial charge in [-0.2, -0.15) is 0 Å². The van der Waals surface area contributed by atoms with Gasteiger partial charge in [0.1, 0.15) is 5.75 Å². The predicted octanol–water partition coefficient (Wildman–Crippen LogP) is 2.89. The van der Waals surface area contributed by atoms with Crippen LogP contribution in [-0.2, 0) is 13.5 Å². The van der Waals surface area contributed by atoms with Crippen LogP contribution in [0.2, 0.25) is 0 Å². The number of methoxy groups -OCH3 is 1. The molecule has 100 valence electrons. The molecular formula is C14H21ClN2O. The van der Waals surface area contributed by atoms with Gasteiger partial charge in [-0.3, -0.25) is 0 Å². The fourth-order valence-electron chi connectivity index (χ4n) is 2.17. The molecule has 2 N–H and O–H groups in total. The fraction of sp³-hybridized carbons (Fsp3) is 0.429. The van der Waals surface area contributed by atoms with E-state index in [9.17, 15) is 0 Å². The number of aryl methyl sites for hydroxylation is 1. The molecule has 0 bridgehead atoms. The van der Waals surface area contributed by atoms with E-state index in [2.05, 4.69) is 36.9 Å². The second-order valence-electron chi connectivity index (χ2n) is 4.52. The van der Waals surface area contributed by atoms with Crippen LogP contribution in [0.4, 0.5) is 0 Å². The van der Waals surface area contributed by atoms with E-state index < -0.39 is 0 Å². The Kier molecular flexibility index (Phi) is 5.05. The van der Waals surface area contributed by atoms with Crippen LogP contribution in [0.25, 0.3) is 10.9 Å². The topological polar surface area (TPSA) is 40.2 Å². The summed E-state index contributed by atoms with van der Waals surface area (Å²) in [5, 5.41) is 1.25. The molecule has 1 heterocycles. The average molecular weight is 269 g/mol. The van der Waals surface area contributed by atoms with E-state index >= 15 is 0 Å². The van der Waals surface area contributed by atoms with Crippen molar-refractivity contribution in [2.45, 2.75) is 25.8 Å². The molecule has 1 aromatic heterocycles. The number of aromatic nitrogens is 1. The minimum absolute atomic E-state index is 0. The van der Waals surface area contributed by atoms with Crippen molar-refractivity contribution < 1.29 is 4.74 Å². The first kappa shape index (κ1) is 14.9. The lowest BCUT2D eigenvalue weighted by molar-refractivity contribution is 0.415. The smallest absolute Gasteiger partial charge is 0.119 e. The van der Waals surface area contributed by atoms with E-state index in [-0.39, 0.29) is 18.4 Å². The zero-order valence-electron chi connectivity index (χ0n) is 11.1. The molecule has 0 radical (unpaired) electrons. The quantitative estimate of drug-likeness (QED) is 0.926. The van der Waals surface area contributed by atoms with Gasteiger partial charge in [0.25, 0.3) is 0 Å². The highest BCUT2D eigenvalue weighted by Crippen LogP contribution is 2.26. The molecule has 0 aliphatic carbocycles. The molecule has 0 aliphatic rings. The Bertz CT molecular complexity index is 522. The largest absolute Gasteiger partial charge is 0.497 e. The number of nitrogens with zero attached hydrogens (tertiary/aromatic N) is 1. The maximum atomic E-state index is 6.04. The van der Waals surface area contributed by atoms with Gasteiger partial charge in [-0.15, -0.1) is 12.4 Å². The highest BCUT2D eigenvalue weighted by atomic mass is 35.5. The lowest BCUT2D eigenvalue weighted by Gasteiger charge is -2.07. The minimum Gasteiger partial charge on any atom is -0.497 e. The molecule has 3 nitrogen and oxygen atoms in total. The monoisotopic (exact) mass is 268 g/mol. The molecule has 0 spiro atoms. The number of halogens is 1. The lowest BCUT2D eigenvalue weighted by atomic mass is 10.0. The van der Waals surface area contributed by atoms with Gasteiger partial charge in [0.05, 0.1) is 7.11 Å². The molecule has 4 heteroatoms. The van der Waals surface area contributed by atoms with Crippen LogP contribution in [0.5, 0.6) is 5.75 Å². The molecule has 0 amide bonds. The summed E-state index contributed by atoms with van der Waals surface area (Å²) < 4.78 is 7.42. The van der Waals surface area contributed by atoms with Crippen LogP contribution in [-0.4, -0.2) is 17.7 Å². The summed E-state index contributed by atoms with van der Waals surface area (Å²) >= 11 is 0. The molecule has 18 heavy (non-hydrogen) atoms. The summed E-state index contributed by atoms with van der Waals surface area (Å²) in [5.41, 5.74) is 8.56. The molecular weight excluding hydrogens is 248 g/mol. The number of fused-ring (bicyclic) bond motifs is 1. The number of rotatable bonds is 4. The molecule has 1 atom stereocenters. The molecule has 1 aromatic carbocycles. The van der Waals surface area contributed by atoms with Crippen molar-refractivity contribution in [3.63, 3.8) is 0 Å². The maximum absolute atomic E-state index is 6.04. The zero-order valence-corrected chi connectivity index (χ0v) is 12.0.